The third-order valence-corrected chi connectivity index (χ3v) is 14.3. The first kappa shape index (κ1) is 39.6. The van der Waals surface area contributed by atoms with Gasteiger partial charge in [0.1, 0.15) is 12.3 Å². The second-order valence-electron chi connectivity index (χ2n) is 17.0. The van der Waals surface area contributed by atoms with Crippen molar-refractivity contribution in [2.45, 2.75) is 127 Å². The molecular formula is C36H57ClN6O6SSi. The van der Waals surface area contributed by atoms with Gasteiger partial charge in [-0.3, -0.25) is 14.4 Å². The van der Waals surface area contributed by atoms with E-state index in [-0.39, 0.29) is 53.7 Å². The largest absolute Gasteiger partial charge is 0.444 e. The molecule has 0 N–H and O–H groups in total. The molecule has 0 unspecified atom stereocenters. The first-order valence-electron chi connectivity index (χ1n) is 18.1. The molecule has 1 aliphatic carbocycles. The number of aromatic nitrogens is 2. The van der Waals surface area contributed by atoms with Gasteiger partial charge in [-0.05, 0) is 85.1 Å². The topological polar surface area (TPSA) is 118 Å². The lowest BCUT2D eigenvalue weighted by Gasteiger charge is -2.45. The van der Waals surface area contributed by atoms with Crippen LogP contribution in [0, 0.1) is 0 Å². The quantitative estimate of drug-likeness (QED) is 0.0814. The molecule has 51 heavy (non-hydrogen) atoms. The number of halogens is 1. The number of likely N-dealkylation sites (tertiary alicyclic amines) is 1. The average molecular weight is 765 g/mol. The van der Waals surface area contributed by atoms with Gasteiger partial charge in [0.05, 0.1) is 34.7 Å². The van der Waals surface area contributed by atoms with E-state index in [1.165, 1.54) is 10.4 Å². The Kier molecular flexibility index (Phi) is 11.4. The van der Waals surface area contributed by atoms with E-state index in [9.17, 15) is 18.0 Å². The fourth-order valence-corrected chi connectivity index (χ4v) is 10.00. The maximum absolute atomic E-state index is 14.8. The number of sulfonamides is 1. The molecule has 0 spiro atoms. The van der Waals surface area contributed by atoms with Gasteiger partial charge in [-0.25, -0.2) is 13.2 Å². The molecule has 3 heterocycles. The van der Waals surface area contributed by atoms with Gasteiger partial charge >= 0.3 is 6.09 Å². The molecule has 2 saturated heterocycles. The maximum Gasteiger partial charge on any atom is 0.410 e. The number of hydrogen-bond donors (Lipinski definition) is 0. The van der Waals surface area contributed by atoms with E-state index >= 15 is 0 Å². The van der Waals surface area contributed by atoms with Crippen LogP contribution in [0.25, 0.3) is 10.9 Å². The standard InChI is InChI=1S/C36H57ClN6O6SSi/c1-11-33(44)40-23-28(16-27(40)19-37)43-32-18-29(50(46,47)41(36(7)12-13-36)24-48-14-15-51(8,9)10)17-31(30(32)20-38-43)39-21-25(2)42(26(3)22-39)34(45)49-35(4,5)6/h11,17-18,20,25-28H,1,12-16,19,21-24H2,2-10H3/t25-,26-,27-,28+/m0/s1. The molecule has 1 aromatic heterocycles. The van der Waals surface area contributed by atoms with E-state index in [1.54, 1.807) is 28.1 Å². The minimum atomic E-state index is -4.03. The smallest absolute Gasteiger partial charge is 0.410 e. The maximum atomic E-state index is 14.8. The number of piperazine rings is 1. The molecule has 0 bridgehead atoms. The molecule has 1 saturated carbocycles. The van der Waals surface area contributed by atoms with Gasteiger partial charge in [0.15, 0.2) is 0 Å². The Balaban J connectivity index is 1.57. The number of benzene rings is 1. The first-order valence-corrected chi connectivity index (χ1v) is 23.7. The summed E-state index contributed by atoms with van der Waals surface area (Å²) < 4.78 is 44.8. The molecule has 284 valence electrons. The molecule has 15 heteroatoms. The molecule has 2 amide bonds. The van der Waals surface area contributed by atoms with Crippen molar-refractivity contribution in [3.63, 3.8) is 0 Å². The number of ether oxygens (including phenoxy) is 2. The lowest BCUT2D eigenvalue weighted by molar-refractivity contribution is -0.126. The number of rotatable bonds is 12. The van der Waals surface area contributed by atoms with Crippen molar-refractivity contribution in [3.8, 4) is 0 Å². The second kappa shape index (κ2) is 14.6. The SMILES string of the molecule is C=CC(=O)N1C[C@H](n2ncc3c(N4C[C@H](C)N(C(=O)OC(C)(C)C)[C@@H](C)C4)cc(S(=O)(=O)N(COCC[Si](C)(C)C)C4(C)CC4)cc32)C[C@H]1CCl. The highest BCUT2D eigenvalue weighted by Gasteiger charge is 2.50. The predicted octanol–water partition coefficient (Wildman–Crippen LogP) is 6.29. The van der Waals surface area contributed by atoms with Crippen LogP contribution in [0.3, 0.4) is 0 Å². The van der Waals surface area contributed by atoms with Crippen LogP contribution < -0.4 is 4.90 Å². The molecule has 2 aliphatic heterocycles. The summed E-state index contributed by atoms with van der Waals surface area (Å²) in [6.07, 6.45) is 4.80. The molecule has 12 nitrogen and oxygen atoms in total. The van der Waals surface area contributed by atoms with E-state index in [2.05, 4.69) is 31.1 Å². The number of nitrogens with zero attached hydrogens (tertiary/aromatic N) is 6. The molecular weight excluding hydrogens is 708 g/mol. The van der Waals surface area contributed by atoms with Gasteiger partial charge in [-0.2, -0.15) is 9.40 Å². The normalized spacial score (nSPS) is 24.0. The minimum Gasteiger partial charge on any atom is -0.444 e. The molecule has 3 aliphatic rings. The number of carbonyl (C=O) groups excluding carboxylic acids is 2. The Hall–Kier alpha value is -2.65. The summed E-state index contributed by atoms with van der Waals surface area (Å²) in [5.74, 6) is 0.0696. The second-order valence-corrected chi connectivity index (χ2v) is 24.8. The summed E-state index contributed by atoms with van der Waals surface area (Å²) in [6.45, 7) is 23.8. The summed E-state index contributed by atoms with van der Waals surface area (Å²) in [5, 5.41) is 5.62. The van der Waals surface area contributed by atoms with Crippen molar-refractivity contribution in [1.82, 2.24) is 23.9 Å². The zero-order valence-corrected chi connectivity index (χ0v) is 34.4. The highest BCUT2D eigenvalue weighted by Crippen LogP contribution is 2.45. The zero-order valence-electron chi connectivity index (χ0n) is 31.8. The predicted molar refractivity (Wildman–Crippen MR) is 205 cm³/mol. The van der Waals surface area contributed by atoms with Crippen LogP contribution in [0.15, 0.2) is 35.9 Å². The molecule has 5 rings (SSSR count). The van der Waals surface area contributed by atoms with E-state index in [0.717, 1.165) is 30.0 Å². The number of fused-ring (bicyclic) bond motifs is 1. The van der Waals surface area contributed by atoms with Gasteiger partial charge in [0, 0.05) is 62.8 Å². The van der Waals surface area contributed by atoms with Crippen molar-refractivity contribution >= 4 is 58.3 Å². The highest BCUT2D eigenvalue weighted by atomic mass is 35.5. The number of amides is 2. The van der Waals surface area contributed by atoms with Crippen LogP contribution in [0.4, 0.5) is 10.5 Å². The van der Waals surface area contributed by atoms with Gasteiger partial charge < -0.3 is 19.3 Å². The molecule has 2 aromatic rings. The fourth-order valence-electron chi connectivity index (χ4n) is 7.20. The zero-order chi connectivity index (χ0) is 37.7. The Morgan fingerprint density at radius 1 is 1.14 bits per heavy atom. The number of carbonyl (C=O) groups is 2. The lowest BCUT2D eigenvalue weighted by atomic mass is 10.1. The van der Waals surface area contributed by atoms with Crippen molar-refractivity contribution in [3.05, 3.63) is 31.0 Å². The molecule has 0 radical (unpaired) electrons. The van der Waals surface area contributed by atoms with Crippen LogP contribution in [0.1, 0.15) is 66.8 Å². The Bertz CT molecular complexity index is 1720. The molecule has 4 atom stereocenters. The average Bonchev–Trinajstić information content (AvgIpc) is 3.40. The van der Waals surface area contributed by atoms with Crippen molar-refractivity contribution in [2.75, 3.05) is 43.8 Å². The van der Waals surface area contributed by atoms with Crippen LogP contribution in [0.5, 0.6) is 0 Å². The highest BCUT2D eigenvalue weighted by molar-refractivity contribution is 7.89. The van der Waals surface area contributed by atoms with Gasteiger partial charge in [-0.15, -0.1) is 11.6 Å². The van der Waals surface area contributed by atoms with E-state index in [4.69, 9.17) is 26.2 Å². The Morgan fingerprint density at radius 3 is 2.33 bits per heavy atom. The third kappa shape index (κ3) is 8.61. The Labute approximate surface area is 310 Å². The summed E-state index contributed by atoms with van der Waals surface area (Å²) in [6, 6.07) is 3.57. The first-order chi connectivity index (χ1) is 23.7. The van der Waals surface area contributed by atoms with E-state index in [1.807, 2.05) is 46.2 Å². The van der Waals surface area contributed by atoms with Crippen LogP contribution in [-0.4, -0.2) is 120 Å². The lowest BCUT2D eigenvalue weighted by Crippen LogP contribution is -2.59. The summed E-state index contributed by atoms with van der Waals surface area (Å²) in [5.41, 5.74) is 0.229. The summed E-state index contributed by atoms with van der Waals surface area (Å²) >= 11 is 6.32. The Morgan fingerprint density at radius 2 is 1.78 bits per heavy atom. The monoisotopic (exact) mass is 764 g/mol. The third-order valence-electron chi connectivity index (χ3n) is 10.3. The number of hydrogen-bond acceptors (Lipinski definition) is 8. The van der Waals surface area contributed by atoms with Gasteiger partial charge in [0.2, 0.25) is 15.9 Å². The van der Waals surface area contributed by atoms with Gasteiger partial charge in [0.25, 0.3) is 0 Å². The van der Waals surface area contributed by atoms with Crippen molar-refractivity contribution < 1.29 is 27.5 Å². The number of anilines is 1. The molecule has 3 fully saturated rings. The summed E-state index contributed by atoms with van der Waals surface area (Å²) in [7, 11) is -5.40. The van der Waals surface area contributed by atoms with Crippen LogP contribution >= 0.6 is 11.6 Å². The van der Waals surface area contributed by atoms with E-state index < -0.39 is 29.2 Å². The van der Waals surface area contributed by atoms with Crippen LogP contribution in [0.2, 0.25) is 25.7 Å². The minimum absolute atomic E-state index is 0.0166. The van der Waals surface area contributed by atoms with E-state index in [0.29, 0.717) is 38.2 Å². The van der Waals surface area contributed by atoms with Gasteiger partial charge in [-0.1, -0.05) is 26.2 Å². The summed E-state index contributed by atoms with van der Waals surface area (Å²) in [4.78, 5) is 31.8. The van der Waals surface area contributed by atoms with Crippen molar-refractivity contribution in [2.24, 2.45) is 0 Å². The van der Waals surface area contributed by atoms with Crippen LogP contribution in [-0.2, 0) is 24.3 Å². The fraction of sp³-hybridized carbons (Fsp3) is 0.694. The molecule has 1 aromatic carbocycles. The number of alkyl halides is 1. The van der Waals surface area contributed by atoms with Crippen molar-refractivity contribution in [1.29, 1.82) is 0 Å².